The van der Waals surface area contributed by atoms with Crippen LogP contribution in [0.15, 0.2) is 18.2 Å². The van der Waals surface area contributed by atoms with Crippen molar-refractivity contribution >= 4 is 11.5 Å². The van der Waals surface area contributed by atoms with E-state index in [1.807, 2.05) is 19.1 Å². The van der Waals surface area contributed by atoms with Gasteiger partial charge in [-0.1, -0.05) is 6.92 Å². The average Bonchev–Trinajstić information content (AvgIpc) is 2.81. The van der Waals surface area contributed by atoms with Crippen molar-refractivity contribution in [3.8, 4) is 0 Å². The van der Waals surface area contributed by atoms with E-state index in [2.05, 4.69) is 6.92 Å². The maximum absolute atomic E-state index is 11.9. The lowest BCUT2D eigenvalue weighted by atomic mass is 10.0. The molecule has 0 saturated heterocycles. The maximum Gasteiger partial charge on any atom is 0.166 e. The molecule has 2 N–H and O–H groups in total. The van der Waals surface area contributed by atoms with Crippen LogP contribution in [0.25, 0.3) is 0 Å². The normalized spacial score (nSPS) is 24.7. The first-order chi connectivity index (χ1) is 6.59. The summed E-state index contributed by atoms with van der Waals surface area (Å²) in [5.41, 5.74) is 8.20. The molecule has 1 aromatic rings. The molecule has 0 aromatic heterocycles. The summed E-state index contributed by atoms with van der Waals surface area (Å²) >= 11 is 0. The van der Waals surface area contributed by atoms with Gasteiger partial charge in [0.05, 0.1) is 0 Å². The number of hydrogen-bond acceptors (Lipinski definition) is 2. The Morgan fingerprint density at radius 1 is 1.50 bits per heavy atom. The quantitative estimate of drug-likeness (QED) is 0.573. The van der Waals surface area contributed by atoms with Gasteiger partial charge in [-0.25, -0.2) is 0 Å². The molecule has 0 aliphatic heterocycles. The molecule has 1 aliphatic rings. The molecule has 2 nitrogen and oxygen atoms in total. The van der Waals surface area contributed by atoms with Crippen LogP contribution in [0.5, 0.6) is 0 Å². The van der Waals surface area contributed by atoms with E-state index in [-0.39, 0.29) is 11.7 Å². The van der Waals surface area contributed by atoms with E-state index in [0.717, 1.165) is 23.2 Å². The van der Waals surface area contributed by atoms with Crippen molar-refractivity contribution in [3.05, 3.63) is 29.3 Å². The third kappa shape index (κ3) is 1.52. The SMILES string of the molecule is Cc1cc(N)ccc1C(=O)C1CC1C. The van der Waals surface area contributed by atoms with Crippen LogP contribution in [0.1, 0.15) is 29.3 Å². The highest BCUT2D eigenvalue weighted by Crippen LogP contribution is 2.40. The van der Waals surface area contributed by atoms with Crippen molar-refractivity contribution in [1.29, 1.82) is 0 Å². The number of nitrogens with two attached hydrogens (primary N) is 1. The van der Waals surface area contributed by atoms with Gasteiger partial charge in [-0.3, -0.25) is 4.79 Å². The average molecular weight is 189 g/mol. The van der Waals surface area contributed by atoms with Gasteiger partial charge in [0.25, 0.3) is 0 Å². The number of benzene rings is 1. The Morgan fingerprint density at radius 3 is 2.64 bits per heavy atom. The van der Waals surface area contributed by atoms with E-state index in [0.29, 0.717) is 5.92 Å². The van der Waals surface area contributed by atoms with Crippen molar-refractivity contribution in [2.45, 2.75) is 20.3 Å². The third-order valence-corrected chi connectivity index (χ3v) is 2.96. The van der Waals surface area contributed by atoms with Gasteiger partial charge in [0.15, 0.2) is 5.78 Å². The van der Waals surface area contributed by atoms with Gasteiger partial charge >= 0.3 is 0 Å². The first-order valence-electron chi connectivity index (χ1n) is 5.00. The van der Waals surface area contributed by atoms with E-state index in [9.17, 15) is 4.79 Å². The van der Waals surface area contributed by atoms with E-state index < -0.39 is 0 Å². The van der Waals surface area contributed by atoms with Crippen LogP contribution >= 0.6 is 0 Å². The summed E-state index contributed by atoms with van der Waals surface area (Å²) < 4.78 is 0. The number of hydrogen-bond donors (Lipinski definition) is 1. The molecule has 74 valence electrons. The number of Topliss-reactive ketones (excluding diaryl/α,β-unsaturated/α-hetero) is 1. The lowest BCUT2D eigenvalue weighted by Gasteiger charge is -2.04. The molecule has 1 fully saturated rings. The van der Waals surface area contributed by atoms with Crippen LogP contribution in [0.3, 0.4) is 0 Å². The molecule has 0 amide bonds. The molecule has 14 heavy (non-hydrogen) atoms. The van der Waals surface area contributed by atoms with Crippen molar-refractivity contribution in [2.75, 3.05) is 5.73 Å². The molecular weight excluding hydrogens is 174 g/mol. The summed E-state index contributed by atoms with van der Waals surface area (Å²) in [5.74, 6) is 1.12. The third-order valence-electron chi connectivity index (χ3n) is 2.96. The summed E-state index contributed by atoms with van der Waals surface area (Å²) in [4.78, 5) is 11.9. The molecule has 2 unspecified atom stereocenters. The van der Waals surface area contributed by atoms with Gasteiger partial charge in [-0.05, 0) is 43.0 Å². The fourth-order valence-electron chi connectivity index (χ4n) is 1.85. The number of nitrogen functional groups attached to an aromatic ring is 1. The van der Waals surface area contributed by atoms with Gasteiger partial charge < -0.3 is 5.73 Å². The fourth-order valence-corrected chi connectivity index (χ4v) is 1.85. The van der Waals surface area contributed by atoms with Crippen LogP contribution < -0.4 is 5.73 Å². The van der Waals surface area contributed by atoms with Crippen molar-refractivity contribution in [2.24, 2.45) is 11.8 Å². The lowest BCUT2D eigenvalue weighted by molar-refractivity contribution is 0.0962. The molecule has 1 aliphatic carbocycles. The molecule has 2 atom stereocenters. The van der Waals surface area contributed by atoms with Gasteiger partial charge in [-0.2, -0.15) is 0 Å². The summed E-state index contributed by atoms with van der Waals surface area (Å²) in [6.45, 7) is 4.06. The first kappa shape index (κ1) is 9.25. The van der Waals surface area contributed by atoms with E-state index >= 15 is 0 Å². The number of rotatable bonds is 2. The predicted octanol–water partition coefficient (Wildman–Crippen LogP) is 2.42. The van der Waals surface area contributed by atoms with Crippen molar-refractivity contribution in [1.82, 2.24) is 0 Å². The van der Waals surface area contributed by atoms with Crippen LogP contribution in [0.2, 0.25) is 0 Å². The van der Waals surface area contributed by atoms with Crippen LogP contribution in [-0.4, -0.2) is 5.78 Å². The summed E-state index contributed by atoms with van der Waals surface area (Å²) in [7, 11) is 0. The van der Waals surface area contributed by atoms with Gasteiger partial charge in [-0.15, -0.1) is 0 Å². The minimum atomic E-state index is 0.261. The first-order valence-corrected chi connectivity index (χ1v) is 5.00. The summed E-state index contributed by atoms with van der Waals surface area (Å²) in [5, 5.41) is 0. The summed E-state index contributed by atoms with van der Waals surface area (Å²) in [6.07, 6.45) is 1.04. The second-order valence-corrected chi connectivity index (χ2v) is 4.26. The largest absolute Gasteiger partial charge is 0.399 e. The van der Waals surface area contributed by atoms with E-state index in [1.165, 1.54) is 0 Å². The zero-order valence-corrected chi connectivity index (χ0v) is 8.58. The fraction of sp³-hybridized carbons (Fsp3) is 0.417. The topological polar surface area (TPSA) is 43.1 Å². The molecule has 2 rings (SSSR count). The zero-order valence-electron chi connectivity index (χ0n) is 8.58. The van der Waals surface area contributed by atoms with Crippen LogP contribution in [0, 0.1) is 18.8 Å². The number of anilines is 1. The minimum Gasteiger partial charge on any atom is -0.399 e. The number of carbonyl (C=O) groups is 1. The Kier molecular flexibility index (Phi) is 2.06. The monoisotopic (exact) mass is 189 g/mol. The Hall–Kier alpha value is -1.31. The Morgan fingerprint density at radius 2 is 2.14 bits per heavy atom. The maximum atomic E-state index is 11.9. The molecule has 0 radical (unpaired) electrons. The summed E-state index contributed by atoms with van der Waals surface area (Å²) in [6, 6.07) is 5.51. The van der Waals surface area contributed by atoms with Gasteiger partial charge in [0.1, 0.15) is 0 Å². The lowest BCUT2D eigenvalue weighted by Crippen LogP contribution is -2.05. The van der Waals surface area contributed by atoms with Crippen molar-refractivity contribution < 1.29 is 4.79 Å². The number of ketones is 1. The van der Waals surface area contributed by atoms with Crippen LogP contribution in [-0.2, 0) is 0 Å². The molecule has 0 spiro atoms. The molecule has 0 heterocycles. The van der Waals surface area contributed by atoms with E-state index in [1.54, 1.807) is 6.07 Å². The molecule has 2 heteroatoms. The van der Waals surface area contributed by atoms with E-state index in [4.69, 9.17) is 5.73 Å². The Labute approximate surface area is 84.1 Å². The van der Waals surface area contributed by atoms with Crippen LogP contribution in [0.4, 0.5) is 5.69 Å². The van der Waals surface area contributed by atoms with Crippen molar-refractivity contribution in [3.63, 3.8) is 0 Å². The molecule has 1 saturated carbocycles. The zero-order chi connectivity index (χ0) is 10.3. The van der Waals surface area contributed by atoms with Gasteiger partial charge in [0, 0.05) is 17.2 Å². The Balaban J connectivity index is 2.28. The molecular formula is C12H15NO. The second kappa shape index (κ2) is 3.12. The predicted molar refractivity (Wildman–Crippen MR) is 57.2 cm³/mol. The van der Waals surface area contributed by atoms with Gasteiger partial charge in [0.2, 0.25) is 0 Å². The number of carbonyl (C=O) groups excluding carboxylic acids is 1. The Bertz CT molecular complexity index is 384. The highest BCUT2D eigenvalue weighted by molar-refractivity contribution is 6.01. The highest BCUT2D eigenvalue weighted by Gasteiger charge is 2.39. The smallest absolute Gasteiger partial charge is 0.166 e. The molecule has 0 bridgehead atoms. The second-order valence-electron chi connectivity index (χ2n) is 4.26. The number of aryl methyl sites for hydroxylation is 1. The minimum absolute atomic E-state index is 0.261. The standard InChI is InChI=1S/C12H15NO/c1-7-5-9(13)3-4-10(7)12(14)11-6-8(11)2/h3-5,8,11H,6,13H2,1-2H3. The highest BCUT2D eigenvalue weighted by atomic mass is 16.1. The molecule has 1 aromatic carbocycles.